The van der Waals surface area contributed by atoms with E-state index in [2.05, 4.69) is 5.32 Å². The molecule has 0 saturated heterocycles. The van der Waals surface area contributed by atoms with Gasteiger partial charge in [-0.3, -0.25) is 4.79 Å². The van der Waals surface area contributed by atoms with Crippen molar-refractivity contribution in [3.05, 3.63) is 106 Å². The van der Waals surface area contributed by atoms with Crippen molar-refractivity contribution in [2.24, 2.45) is 0 Å². The molecule has 1 heterocycles. The van der Waals surface area contributed by atoms with Gasteiger partial charge in [0.2, 0.25) is 0 Å². The maximum absolute atomic E-state index is 12.8. The van der Waals surface area contributed by atoms with Gasteiger partial charge in [-0.1, -0.05) is 30.3 Å². The zero-order chi connectivity index (χ0) is 24.5. The lowest BCUT2D eigenvalue weighted by atomic mass is 9.96. The quantitative estimate of drug-likeness (QED) is 0.337. The summed E-state index contributed by atoms with van der Waals surface area (Å²) in [5.74, 6) is -0.488. The molecule has 1 aliphatic heterocycles. The monoisotopic (exact) mass is 469 g/mol. The molecule has 0 fully saturated rings. The third kappa shape index (κ3) is 4.54. The van der Waals surface area contributed by atoms with E-state index in [0.717, 1.165) is 28.7 Å². The second-order valence-electron chi connectivity index (χ2n) is 8.53. The van der Waals surface area contributed by atoms with Crippen LogP contribution in [0.5, 0.6) is 11.5 Å². The smallest absolute Gasteiger partial charge is 0.335 e. The second-order valence-corrected chi connectivity index (χ2v) is 8.53. The summed E-state index contributed by atoms with van der Waals surface area (Å²) in [5.41, 5.74) is 3.40. The van der Waals surface area contributed by atoms with Crippen LogP contribution in [0.1, 0.15) is 49.1 Å². The van der Waals surface area contributed by atoms with Crippen molar-refractivity contribution in [1.29, 1.82) is 0 Å². The summed E-state index contributed by atoms with van der Waals surface area (Å²) in [5, 5.41) is 34.7. The van der Waals surface area contributed by atoms with Crippen LogP contribution in [0.25, 0.3) is 10.8 Å². The van der Waals surface area contributed by atoms with Crippen molar-refractivity contribution in [1.82, 2.24) is 5.32 Å². The molecule has 5 rings (SSSR count). The van der Waals surface area contributed by atoms with Gasteiger partial charge in [-0.05, 0) is 69.9 Å². The summed E-state index contributed by atoms with van der Waals surface area (Å²) in [6.45, 7) is 1.07. The Morgan fingerprint density at radius 2 is 1.69 bits per heavy atom. The summed E-state index contributed by atoms with van der Waals surface area (Å²) in [6, 6.07) is 20.0. The number of nitrogens with one attached hydrogen (secondary N) is 1. The fourth-order valence-corrected chi connectivity index (χ4v) is 4.29. The van der Waals surface area contributed by atoms with Crippen LogP contribution in [0.15, 0.2) is 72.8 Å². The van der Waals surface area contributed by atoms with Crippen molar-refractivity contribution >= 4 is 22.6 Å². The van der Waals surface area contributed by atoms with Crippen LogP contribution in [0, 0.1) is 0 Å². The highest BCUT2D eigenvalue weighted by molar-refractivity contribution is 5.99. The van der Waals surface area contributed by atoms with E-state index < -0.39 is 12.1 Å². The minimum atomic E-state index is -1.16. The van der Waals surface area contributed by atoms with E-state index in [0.29, 0.717) is 29.7 Å². The molecule has 7 nitrogen and oxygen atoms in total. The predicted octanol–water partition coefficient (Wildman–Crippen LogP) is 4.19. The molecule has 4 aromatic rings. The van der Waals surface area contributed by atoms with Crippen molar-refractivity contribution in [3.63, 3.8) is 0 Å². The molecule has 0 spiro atoms. The number of phenolic OH excluding ortho intramolecular Hbond substituents is 1. The van der Waals surface area contributed by atoms with Crippen LogP contribution in [-0.2, 0) is 13.0 Å². The summed E-state index contributed by atoms with van der Waals surface area (Å²) in [7, 11) is 0. The van der Waals surface area contributed by atoms with Crippen molar-refractivity contribution in [3.8, 4) is 11.5 Å². The maximum atomic E-state index is 12.8. The minimum Gasteiger partial charge on any atom is -0.508 e. The number of aromatic hydroxyl groups is 1. The highest BCUT2D eigenvalue weighted by Crippen LogP contribution is 2.33. The number of hydrogen-bond donors (Lipinski definition) is 4. The van der Waals surface area contributed by atoms with Gasteiger partial charge in [-0.15, -0.1) is 0 Å². The normalized spacial score (nSPS) is 13.2. The summed E-state index contributed by atoms with van der Waals surface area (Å²) in [4.78, 5) is 23.9. The molecular formula is C28H23NO6. The first-order chi connectivity index (χ1) is 16.9. The third-order valence-electron chi connectivity index (χ3n) is 6.22. The molecule has 4 aromatic carbocycles. The Bertz CT molecular complexity index is 1440. The van der Waals surface area contributed by atoms with Gasteiger partial charge < -0.3 is 25.4 Å². The van der Waals surface area contributed by atoms with E-state index in [1.54, 1.807) is 24.3 Å². The van der Waals surface area contributed by atoms with Crippen LogP contribution in [0.4, 0.5) is 0 Å². The minimum absolute atomic E-state index is 0.0925. The first-order valence-electron chi connectivity index (χ1n) is 11.2. The number of rotatable bonds is 6. The van der Waals surface area contributed by atoms with Crippen LogP contribution in [0.3, 0.4) is 0 Å². The van der Waals surface area contributed by atoms with E-state index in [1.165, 1.54) is 30.3 Å². The number of carbonyl (C=O) groups excluding carboxylic acids is 1. The highest BCUT2D eigenvalue weighted by Gasteiger charge is 2.18. The van der Waals surface area contributed by atoms with Gasteiger partial charge in [0, 0.05) is 24.1 Å². The van der Waals surface area contributed by atoms with Gasteiger partial charge in [0.1, 0.15) is 17.6 Å². The van der Waals surface area contributed by atoms with Gasteiger partial charge in [-0.2, -0.15) is 0 Å². The lowest BCUT2D eigenvalue weighted by Crippen LogP contribution is -2.22. The summed E-state index contributed by atoms with van der Waals surface area (Å²) in [6.07, 6.45) is -0.296. The fourth-order valence-electron chi connectivity index (χ4n) is 4.29. The van der Waals surface area contributed by atoms with Gasteiger partial charge in [-0.25, -0.2) is 4.79 Å². The van der Waals surface area contributed by atoms with Gasteiger partial charge >= 0.3 is 5.97 Å². The van der Waals surface area contributed by atoms with E-state index in [-0.39, 0.29) is 22.8 Å². The number of aliphatic hydroxyl groups excluding tert-OH is 1. The van der Waals surface area contributed by atoms with Gasteiger partial charge in [0.05, 0.1) is 12.2 Å². The molecule has 1 aliphatic rings. The largest absolute Gasteiger partial charge is 0.508 e. The van der Waals surface area contributed by atoms with E-state index in [1.807, 2.05) is 18.2 Å². The Hall–Kier alpha value is -4.36. The van der Waals surface area contributed by atoms with E-state index in [4.69, 9.17) is 9.84 Å². The number of benzene rings is 4. The van der Waals surface area contributed by atoms with Crippen LogP contribution >= 0.6 is 0 Å². The van der Waals surface area contributed by atoms with Gasteiger partial charge in [0.15, 0.2) is 0 Å². The van der Waals surface area contributed by atoms with Crippen LogP contribution in [-0.4, -0.2) is 33.8 Å². The lowest BCUT2D eigenvalue weighted by Gasteiger charge is -2.15. The highest BCUT2D eigenvalue weighted by atomic mass is 16.5. The number of carboxylic acid groups (broad SMARTS) is 1. The molecule has 4 N–H and O–H groups in total. The number of aromatic carboxylic acids is 1. The average Bonchev–Trinajstić information content (AvgIpc) is 3.34. The van der Waals surface area contributed by atoms with Crippen LogP contribution in [0.2, 0.25) is 0 Å². The Morgan fingerprint density at radius 3 is 2.46 bits per heavy atom. The Balaban J connectivity index is 1.36. The van der Waals surface area contributed by atoms with Gasteiger partial charge in [0.25, 0.3) is 5.91 Å². The number of ether oxygens (including phenoxy) is 1. The Kier molecular flexibility index (Phi) is 5.84. The first kappa shape index (κ1) is 22.4. The fraction of sp³-hybridized carbons (Fsp3) is 0.143. The number of aliphatic hydroxyl groups is 1. The molecule has 0 saturated carbocycles. The Morgan fingerprint density at radius 1 is 0.914 bits per heavy atom. The predicted molar refractivity (Wildman–Crippen MR) is 130 cm³/mol. The molecule has 35 heavy (non-hydrogen) atoms. The molecular weight excluding hydrogens is 446 g/mol. The number of hydrogen-bond acceptors (Lipinski definition) is 5. The Labute approximate surface area is 201 Å². The summed E-state index contributed by atoms with van der Waals surface area (Å²) < 4.78 is 5.52. The van der Waals surface area contributed by atoms with E-state index in [9.17, 15) is 19.8 Å². The number of carboxylic acids is 1. The third-order valence-corrected chi connectivity index (χ3v) is 6.22. The molecule has 0 aromatic heterocycles. The molecule has 1 unspecified atom stereocenters. The lowest BCUT2D eigenvalue weighted by molar-refractivity contribution is 0.0696. The van der Waals surface area contributed by atoms with Crippen LogP contribution < -0.4 is 10.1 Å². The number of carbonyl (C=O) groups is 2. The zero-order valence-electron chi connectivity index (χ0n) is 18.7. The number of phenols is 1. The van der Waals surface area contributed by atoms with Crippen molar-refractivity contribution < 1.29 is 29.6 Å². The molecule has 0 radical (unpaired) electrons. The number of amides is 1. The topological polar surface area (TPSA) is 116 Å². The molecule has 176 valence electrons. The molecule has 1 atom stereocenters. The maximum Gasteiger partial charge on any atom is 0.335 e. The second kappa shape index (κ2) is 9.12. The molecule has 0 aliphatic carbocycles. The first-order valence-corrected chi connectivity index (χ1v) is 11.2. The zero-order valence-corrected chi connectivity index (χ0v) is 18.7. The van der Waals surface area contributed by atoms with Crippen molar-refractivity contribution in [2.75, 3.05) is 6.61 Å². The molecule has 0 bridgehead atoms. The number of fused-ring (bicyclic) bond motifs is 2. The molecule has 1 amide bonds. The van der Waals surface area contributed by atoms with E-state index >= 15 is 0 Å². The standard InChI is InChI=1S/C28H23NO6/c30-24-14-19-6-7-21(27(32)29-15-16-1-8-25-20(11-16)9-10-35-25)12-22(19)13-23(24)26(31)17-2-4-18(5-3-17)28(33)34/h1-8,11-14,26,30-31H,9-10,15H2,(H,29,32)(H,33,34). The van der Waals surface area contributed by atoms with Crippen molar-refractivity contribution in [2.45, 2.75) is 19.1 Å². The molecule has 7 heteroatoms. The summed E-state index contributed by atoms with van der Waals surface area (Å²) >= 11 is 0. The average molecular weight is 469 g/mol. The SMILES string of the molecule is O=C(O)c1ccc(C(O)c2cc3cc(C(=O)NCc4ccc5c(c4)CCO5)ccc3cc2O)cc1.